The van der Waals surface area contributed by atoms with Gasteiger partial charge in [0.1, 0.15) is 5.69 Å². The van der Waals surface area contributed by atoms with E-state index in [1.54, 1.807) is 17.1 Å². The lowest BCUT2D eigenvalue weighted by molar-refractivity contribution is 0.419. The molecular weight excluding hydrogens is 250 g/mol. The summed E-state index contributed by atoms with van der Waals surface area (Å²) in [4.78, 5) is 0. The van der Waals surface area contributed by atoms with Crippen LogP contribution in [0.1, 0.15) is 5.69 Å². The van der Waals surface area contributed by atoms with Crippen molar-refractivity contribution < 1.29 is 4.52 Å². The van der Waals surface area contributed by atoms with Crippen LogP contribution >= 0.6 is 11.6 Å². The molecule has 1 aromatic carbocycles. The molecule has 90 valence electrons. The molecule has 3 rings (SSSR count). The topological polar surface area (TPSA) is 43.9 Å². The van der Waals surface area contributed by atoms with Crippen LogP contribution in [0.2, 0.25) is 5.02 Å². The first-order valence-electron chi connectivity index (χ1n) is 5.50. The van der Waals surface area contributed by atoms with E-state index in [4.69, 9.17) is 16.1 Å². The van der Waals surface area contributed by atoms with Crippen LogP contribution in [-0.2, 0) is 6.54 Å². The van der Waals surface area contributed by atoms with E-state index in [0.29, 0.717) is 11.6 Å². The summed E-state index contributed by atoms with van der Waals surface area (Å²) < 4.78 is 7.02. The summed E-state index contributed by atoms with van der Waals surface area (Å²) in [6.45, 7) is 0.545. The van der Waals surface area contributed by atoms with Crippen molar-refractivity contribution in [3.8, 4) is 11.3 Å². The molecule has 0 aliphatic carbocycles. The van der Waals surface area contributed by atoms with Gasteiger partial charge in [0.25, 0.3) is 0 Å². The fraction of sp³-hybridized carbons (Fsp3) is 0.0769. The number of rotatable bonds is 3. The van der Waals surface area contributed by atoms with Gasteiger partial charge >= 0.3 is 0 Å². The molecule has 0 saturated heterocycles. The number of hydrogen-bond acceptors (Lipinski definition) is 3. The van der Waals surface area contributed by atoms with Crippen LogP contribution in [0, 0.1) is 0 Å². The highest BCUT2D eigenvalue weighted by molar-refractivity contribution is 6.30. The van der Waals surface area contributed by atoms with Gasteiger partial charge in [-0.25, -0.2) is 0 Å². The third kappa shape index (κ3) is 2.28. The Bertz CT molecular complexity index is 645. The average molecular weight is 260 g/mol. The predicted octanol–water partition coefficient (Wildman–Crippen LogP) is 3.24. The van der Waals surface area contributed by atoms with Gasteiger partial charge in [-0.3, -0.25) is 4.68 Å². The minimum Gasteiger partial charge on any atom is -0.356 e. The largest absolute Gasteiger partial charge is 0.356 e. The molecule has 0 atom stereocenters. The fourth-order valence-corrected chi connectivity index (χ4v) is 1.87. The summed E-state index contributed by atoms with van der Waals surface area (Å²) in [7, 11) is 0. The fourth-order valence-electron chi connectivity index (χ4n) is 1.72. The van der Waals surface area contributed by atoms with Crippen molar-refractivity contribution in [2.24, 2.45) is 0 Å². The van der Waals surface area contributed by atoms with Crippen molar-refractivity contribution in [3.05, 3.63) is 59.5 Å². The summed E-state index contributed by atoms with van der Waals surface area (Å²) in [5.41, 5.74) is 1.82. The minimum atomic E-state index is 0.545. The van der Waals surface area contributed by atoms with Crippen LogP contribution in [0.25, 0.3) is 11.3 Å². The third-order valence-corrected chi connectivity index (χ3v) is 2.74. The molecule has 0 amide bonds. The lowest BCUT2D eigenvalue weighted by Crippen LogP contribution is -1.99. The summed E-state index contributed by atoms with van der Waals surface area (Å²) >= 11 is 5.80. The summed E-state index contributed by atoms with van der Waals surface area (Å²) in [6, 6.07) is 11.8. The molecule has 5 heteroatoms. The smallest absolute Gasteiger partial charge is 0.167 e. The Morgan fingerprint density at radius 1 is 1.22 bits per heavy atom. The molecule has 2 aromatic heterocycles. The Labute approximate surface area is 109 Å². The highest BCUT2D eigenvalue weighted by atomic mass is 35.5. The first-order chi connectivity index (χ1) is 8.81. The first kappa shape index (κ1) is 11.0. The molecule has 4 nitrogen and oxygen atoms in total. The lowest BCUT2D eigenvalue weighted by atomic mass is 10.2. The number of aromatic nitrogens is 3. The number of hydrogen-bond donors (Lipinski definition) is 0. The van der Waals surface area contributed by atoms with E-state index >= 15 is 0 Å². The SMILES string of the molecule is Clc1cnn(Cc2cc(-c3ccccc3)on2)c1. The second kappa shape index (κ2) is 4.66. The van der Waals surface area contributed by atoms with Crippen molar-refractivity contribution in [1.29, 1.82) is 0 Å². The van der Waals surface area contributed by atoms with E-state index < -0.39 is 0 Å². The second-order valence-electron chi connectivity index (χ2n) is 3.90. The van der Waals surface area contributed by atoms with Crippen molar-refractivity contribution in [3.63, 3.8) is 0 Å². The molecule has 3 aromatic rings. The van der Waals surface area contributed by atoms with Crippen LogP contribution in [0.15, 0.2) is 53.3 Å². The molecule has 18 heavy (non-hydrogen) atoms. The highest BCUT2D eigenvalue weighted by Gasteiger charge is 2.07. The predicted molar refractivity (Wildman–Crippen MR) is 68.3 cm³/mol. The maximum Gasteiger partial charge on any atom is 0.167 e. The summed E-state index contributed by atoms with van der Waals surface area (Å²) in [5, 5.41) is 8.73. The lowest BCUT2D eigenvalue weighted by Gasteiger charge is -1.94. The zero-order valence-electron chi connectivity index (χ0n) is 9.45. The van der Waals surface area contributed by atoms with E-state index in [9.17, 15) is 0 Å². The molecule has 0 radical (unpaired) electrons. The maximum atomic E-state index is 5.80. The van der Waals surface area contributed by atoms with Crippen LogP contribution < -0.4 is 0 Å². The van der Waals surface area contributed by atoms with Crippen LogP contribution in [0.4, 0.5) is 0 Å². The van der Waals surface area contributed by atoms with Crippen LogP contribution in [0.3, 0.4) is 0 Å². The molecule has 0 aliphatic heterocycles. The summed E-state index contributed by atoms with van der Waals surface area (Å²) in [5.74, 6) is 0.754. The Kier molecular flexibility index (Phi) is 2.86. The van der Waals surface area contributed by atoms with Crippen molar-refractivity contribution in [2.75, 3.05) is 0 Å². The average Bonchev–Trinajstić information content (AvgIpc) is 3.01. The van der Waals surface area contributed by atoms with Crippen molar-refractivity contribution >= 4 is 11.6 Å². The number of nitrogens with zero attached hydrogens (tertiary/aromatic N) is 3. The number of halogens is 1. The quantitative estimate of drug-likeness (QED) is 0.725. The zero-order chi connectivity index (χ0) is 12.4. The van der Waals surface area contributed by atoms with Gasteiger partial charge in [0.15, 0.2) is 5.76 Å². The molecule has 0 N–H and O–H groups in total. The van der Waals surface area contributed by atoms with Crippen molar-refractivity contribution in [1.82, 2.24) is 14.9 Å². The molecule has 0 fully saturated rings. The van der Waals surface area contributed by atoms with E-state index in [-0.39, 0.29) is 0 Å². The molecule has 0 unspecified atom stereocenters. The first-order valence-corrected chi connectivity index (χ1v) is 5.88. The molecule has 2 heterocycles. The molecule has 0 saturated carbocycles. The Morgan fingerprint density at radius 2 is 2.06 bits per heavy atom. The summed E-state index contributed by atoms with van der Waals surface area (Å²) in [6.07, 6.45) is 3.35. The highest BCUT2D eigenvalue weighted by Crippen LogP contribution is 2.20. The van der Waals surface area contributed by atoms with Gasteiger partial charge < -0.3 is 4.52 Å². The monoisotopic (exact) mass is 259 g/mol. The Morgan fingerprint density at radius 3 is 2.78 bits per heavy atom. The van der Waals surface area contributed by atoms with Gasteiger partial charge in [-0.1, -0.05) is 47.1 Å². The van der Waals surface area contributed by atoms with Gasteiger partial charge in [-0.2, -0.15) is 5.10 Å². The molecule has 0 bridgehead atoms. The Balaban J connectivity index is 1.82. The van der Waals surface area contributed by atoms with E-state index in [1.807, 2.05) is 36.4 Å². The van der Waals surface area contributed by atoms with E-state index in [1.165, 1.54) is 0 Å². The molecule has 0 spiro atoms. The van der Waals surface area contributed by atoms with Gasteiger partial charge in [0.05, 0.1) is 17.8 Å². The van der Waals surface area contributed by atoms with Crippen LogP contribution in [-0.4, -0.2) is 14.9 Å². The maximum absolute atomic E-state index is 5.80. The van der Waals surface area contributed by atoms with Gasteiger partial charge in [0, 0.05) is 17.8 Å². The molecule has 0 aliphatic rings. The van der Waals surface area contributed by atoms with Crippen molar-refractivity contribution in [2.45, 2.75) is 6.54 Å². The normalized spacial score (nSPS) is 10.7. The Hall–Kier alpha value is -2.07. The minimum absolute atomic E-state index is 0.545. The van der Waals surface area contributed by atoms with Gasteiger partial charge in [0.2, 0.25) is 0 Å². The van der Waals surface area contributed by atoms with Crippen LogP contribution in [0.5, 0.6) is 0 Å². The standard InChI is InChI=1S/C13H10ClN3O/c14-11-7-15-17(8-11)9-12-6-13(18-16-12)10-4-2-1-3-5-10/h1-8H,9H2. The number of benzene rings is 1. The molecular formula is C13H10ClN3O. The second-order valence-corrected chi connectivity index (χ2v) is 4.34. The van der Waals surface area contributed by atoms with Gasteiger partial charge in [-0.05, 0) is 0 Å². The van der Waals surface area contributed by atoms with E-state index in [0.717, 1.165) is 17.0 Å². The third-order valence-electron chi connectivity index (χ3n) is 2.54. The van der Waals surface area contributed by atoms with E-state index in [2.05, 4.69) is 10.3 Å². The zero-order valence-corrected chi connectivity index (χ0v) is 10.2. The van der Waals surface area contributed by atoms with Gasteiger partial charge in [-0.15, -0.1) is 0 Å².